The van der Waals surface area contributed by atoms with Crippen LogP contribution < -0.4 is 4.74 Å². The second-order valence-electron chi connectivity index (χ2n) is 8.76. The van der Waals surface area contributed by atoms with E-state index in [9.17, 15) is 30.7 Å². The smallest absolute Gasteiger partial charge is 0.427 e. The average Bonchev–Trinajstić information content (AvgIpc) is 2.79. The summed E-state index contributed by atoms with van der Waals surface area (Å²) in [6.45, 7) is 2.21. The van der Waals surface area contributed by atoms with Crippen molar-refractivity contribution in [3.05, 3.63) is 59.9 Å². The summed E-state index contributed by atoms with van der Waals surface area (Å²) >= 11 is 0. The zero-order valence-corrected chi connectivity index (χ0v) is 18.7. The highest BCUT2D eigenvalue weighted by Crippen LogP contribution is 2.38. The van der Waals surface area contributed by atoms with E-state index in [0.29, 0.717) is 17.0 Å². The molecule has 1 nitrogen and oxygen atoms in total. The first-order chi connectivity index (χ1) is 16.0. The van der Waals surface area contributed by atoms with Crippen molar-refractivity contribution in [3.8, 4) is 16.9 Å². The average molecular weight is 488 g/mol. The molecule has 0 spiro atoms. The zero-order valence-electron chi connectivity index (χ0n) is 18.7. The van der Waals surface area contributed by atoms with Crippen molar-refractivity contribution < 1.29 is 35.5 Å². The number of halogens is 7. The highest BCUT2D eigenvalue weighted by Gasteiger charge is 2.59. The summed E-state index contributed by atoms with van der Waals surface area (Å²) < 4.78 is 94.5. The van der Waals surface area contributed by atoms with Gasteiger partial charge in [0, 0.05) is 0 Å². The van der Waals surface area contributed by atoms with Crippen molar-refractivity contribution >= 4 is 6.08 Å². The normalized spacial score (nSPS) is 20.5. The van der Waals surface area contributed by atoms with E-state index in [0.717, 1.165) is 23.6 Å². The van der Waals surface area contributed by atoms with Gasteiger partial charge in [0.05, 0.1) is 0 Å². The molecule has 0 amide bonds. The molecule has 1 unspecified atom stereocenters. The molecule has 1 atom stereocenters. The van der Waals surface area contributed by atoms with Crippen molar-refractivity contribution in [1.82, 2.24) is 0 Å². The van der Waals surface area contributed by atoms with Gasteiger partial charge in [0.25, 0.3) is 6.17 Å². The number of rotatable bonds is 8. The molecule has 0 N–H and O–H groups in total. The molecule has 1 saturated carbocycles. The molecule has 1 fully saturated rings. The van der Waals surface area contributed by atoms with Gasteiger partial charge >= 0.3 is 12.3 Å². The van der Waals surface area contributed by atoms with E-state index in [4.69, 9.17) is 0 Å². The second kappa shape index (κ2) is 10.8. The predicted molar refractivity (Wildman–Crippen MR) is 118 cm³/mol. The summed E-state index contributed by atoms with van der Waals surface area (Å²) in [5, 5.41) is 0. The topological polar surface area (TPSA) is 9.23 Å². The summed E-state index contributed by atoms with van der Waals surface area (Å²) in [7, 11) is 0. The van der Waals surface area contributed by atoms with Crippen molar-refractivity contribution in [2.45, 2.75) is 63.9 Å². The first-order valence-electron chi connectivity index (χ1n) is 11.4. The fraction of sp³-hybridized carbons (Fsp3) is 0.462. The molecule has 2 aromatic rings. The number of hydrogen-bond acceptors (Lipinski definition) is 1. The molecule has 0 bridgehead atoms. The quantitative estimate of drug-likeness (QED) is 0.337. The van der Waals surface area contributed by atoms with Crippen molar-refractivity contribution in [3.63, 3.8) is 0 Å². The number of hydrogen-bond donors (Lipinski definition) is 0. The van der Waals surface area contributed by atoms with E-state index < -0.39 is 30.0 Å². The van der Waals surface area contributed by atoms with Crippen LogP contribution in [0.5, 0.6) is 5.75 Å². The van der Waals surface area contributed by atoms with Crippen LogP contribution in [0, 0.1) is 17.7 Å². The molecule has 0 radical (unpaired) electrons. The van der Waals surface area contributed by atoms with Crippen LogP contribution in [0.2, 0.25) is 0 Å². The number of ether oxygens (including phenoxy) is 1. The second-order valence-corrected chi connectivity index (χ2v) is 8.76. The van der Waals surface area contributed by atoms with E-state index in [1.807, 2.05) is 18.2 Å². The molecule has 1 aliphatic carbocycles. The molecular formula is C26H27F7O. The highest BCUT2D eigenvalue weighted by molar-refractivity contribution is 5.66. The van der Waals surface area contributed by atoms with E-state index in [1.54, 1.807) is 12.1 Å². The summed E-state index contributed by atoms with van der Waals surface area (Å²) in [5.74, 6) is -1.11. The largest absolute Gasteiger partial charge is 0.439 e. The van der Waals surface area contributed by atoms with Gasteiger partial charge in [-0.15, -0.1) is 0 Å². The first kappa shape index (κ1) is 26.1. The Morgan fingerprint density at radius 1 is 0.941 bits per heavy atom. The van der Waals surface area contributed by atoms with Crippen LogP contribution in [-0.4, -0.2) is 18.5 Å². The van der Waals surface area contributed by atoms with E-state index in [-0.39, 0.29) is 0 Å². The lowest BCUT2D eigenvalue weighted by Crippen LogP contribution is -2.45. The maximum absolute atomic E-state index is 14.2. The standard InChI is InChI=1S/C26H27F7O/c1-2-3-17-4-6-18(7-5-17)8-9-19-10-12-20(13-11-19)21-14-15-23(22(27)16-21)34-26(32,33)24(28)25(29,30)31/h8-18,24H,2-7H2,1H3. The van der Waals surface area contributed by atoms with Crippen LogP contribution in [0.1, 0.15) is 51.0 Å². The van der Waals surface area contributed by atoms with Crippen LogP contribution in [0.4, 0.5) is 30.7 Å². The van der Waals surface area contributed by atoms with Gasteiger partial charge in [-0.1, -0.05) is 62.2 Å². The van der Waals surface area contributed by atoms with Gasteiger partial charge in [0.15, 0.2) is 11.6 Å². The number of alkyl halides is 6. The molecule has 0 saturated heterocycles. The van der Waals surface area contributed by atoms with E-state index in [1.165, 1.54) is 44.6 Å². The molecule has 0 aromatic heterocycles. The third kappa shape index (κ3) is 6.76. The minimum atomic E-state index is -5.84. The Morgan fingerprint density at radius 2 is 1.56 bits per heavy atom. The SMILES string of the molecule is CCCC1CCC(C=Cc2ccc(-c3ccc(OC(F)(F)C(F)C(F)(F)F)c(F)c3)cc2)CC1. The Labute approximate surface area is 194 Å². The van der Waals surface area contributed by atoms with Gasteiger partial charge in [-0.2, -0.15) is 22.0 Å². The third-order valence-corrected chi connectivity index (χ3v) is 6.15. The van der Waals surface area contributed by atoms with E-state index in [2.05, 4.69) is 17.7 Å². The monoisotopic (exact) mass is 488 g/mol. The fourth-order valence-electron chi connectivity index (χ4n) is 4.26. The van der Waals surface area contributed by atoms with Gasteiger partial charge in [-0.05, 0) is 66.3 Å². The summed E-state index contributed by atoms with van der Waals surface area (Å²) in [4.78, 5) is 0. The Morgan fingerprint density at radius 3 is 2.12 bits per heavy atom. The minimum absolute atomic E-state index is 0.311. The van der Waals surface area contributed by atoms with Crippen LogP contribution in [0.25, 0.3) is 17.2 Å². The van der Waals surface area contributed by atoms with Crippen LogP contribution >= 0.6 is 0 Å². The van der Waals surface area contributed by atoms with Gasteiger partial charge in [-0.25, -0.2) is 8.78 Å². The van der Waals surface area contributed by atoms with Crippen LogP contribution in [-0.2, 0) is 0 Å². The lowest BCUT2D eigenvalue weighted by molar-refractivity contribution is -0.305. The van der Waals surface area contributed by atoms with Crippen LogP contribution in [0.3, 0.4) is 0 Å². The molecule has 1 aliphatic rings. The third-order valence-electron chi connectivity index (χ3n) is 6.15. The van der Waals surface area contributed by atoms with Gasteiger partial charge < -0.3 is 4.74 Å². The van der Waals surface area contributed by atoms with E-state index >= 15 is 0 Å². The number of allylic oxidation sites excluding steroid dienone is 1. The predicted octanol–water partition coefficient (Wildman–Crippen LogP) is 8.98. The highest BCUT2D eigenvalue weighted by atomic mass is 19.4. The lowest BCUT2D eigenvalue weighted by Gasteiger charge is -2.26. The van der Waals surface area contributed by atoms with Gasteiger partial charge in [0.2, 0.25) is 0 Å². The molecule has 0 heterocycles. The molecule has 34 heavy (non-hydrogen) atoms. The molecule has 8 heteroatoms. The van der Waals surface area contributed by atoms with Gasteiger partial charge in [-0.3, -0.25) is 0 Å². The molecular weight excluding hydrogens is 461 g/mol. The molecule has 3 rings (SSSR count). The van der Waals surface area contributed by atoms with Crippen molar-refractivity contribution in [1.29, 1.82) is 0 Å². The zero-order chi connectivity index (χ0) is 24.9. The maximum Gasteiger partial charge on any atom is 0.439 e. The molecule has 0 aliphatic heterocycles. The Balaban J connectivity index is 1.63. The van der Waals surface area contributed by atoms with Gasteiger partial charge in [0.1, 0.15) is 0 Å². The minimum Gasteiger partial charge on any atom is -0.427 e. The van der Waals surface area contributed by atoms with Crippen LogP contribution in [0.15, 0.2) is 48.5 Å². The lowest BCUT2D eigenvalue weighted by atomic mass is 9.80. The fourth-order valence-corrected chi connectivity index (χ4v) is 4.26. The Kier molecular flexibility index (Phi) is 8.31. The van der Waals surface area contributed by atoms with Crippen molar-refractivity contribution in [2.24, 2.45) is 11.8 Å². The Bertz CT molecular complexity index is 958. The van der Waals surface area contributed by atoms with Crippen molar-refractivity contribution in [2.75, 3.05) is 0 Å². The molecule has 2 aromatic carbocycles. The summed E-state index contributed by atoms with van der Waals surface area (Å²) in [5.41, 5.74) is 1.85. The maximum atomic E-state index is 14.2. The summed E-state index contributed by atoms with van der Waals surface area (Å²) in [6.07, 6.45) is -4.05. The summed E-state index contributed by atoms with van der Waals surface area (Å²) in [6, 6.07) is 9.95. The first-order valence-corrected chi connectivity index (χ1v) is 11.4. The molecule has 186 valence electrons. The number of benzene rings is 2. The Hall–Kier alpha value is -2.51.